The smallest absolute Gasteiger partial charge is 0.373 e. The zero-order valence-corrected chi connectivity index (χ0v) is 11.6. The molecule has 1 heterocycles. The second kappa shape index (κ2) is 7.34. The number of nitrogens with one attached hydrogen (secondary N) is 1. The fourth-order valence-electron chi connectivity index (χ4n) is 2.59. The topological polar surface area (TPSA) is 51.5 Å². The normalized spacial score (nSPS) is 17.7. The summed E-state index contributed by atoms with van der Waals surface area (Å²) in [6.45, 7) is 0.682. The third-order valence-corrected chi connectivity index (χ3v) is 3.72. The summed E-state index contributed by atoms with van der Waals surface area (Å²) >= 11 is 0. The van der Waals surface area contributed by atoms with Crippen molar-refractivity contribution >= 4 is 5.97 Å². The van der Waals surface area contributed by atoms with E-state index < -0.39 is 5.97 Å². The summed E-state index contributed by atoms with van der Waals surface area (Å²) in [6, 6.07) is 4.08. The number of carbonyl (C=O) groups excluding carboxylic acids is 1. The molecule has 0 bridgehead atoms. The van der Waals surface area contributed by atoms with Gasteiger partial charge in [-0.05, 0) is 25.0 Å². The maximum atomic E-state index is 11.3. The Kier molecular flexibility index (Phi) is 5.45. The Labute approximate surface area is 114 Å². The second-order valence-corrected chi connectivity index (χ2v) is 5.18. The highest BCUT2D eigenvalue weighted by atomic mass is 16.5. The van der Waals surface area contributed by atoms with Gasteiger partial charge in [-0.25, -0.2) is 4.79 Å². The molecular formula is C15H23NO3. The number of hydrogen-bond donors (Lipinski definition) is 1. The van der Waals surface area contributed by atoms with Gasteiger partial charge in [0.1, 0.15) is 5.76 Å². The van der Waals surface area contributed by atoms with Gasteiger partial charge in [-0.1, -0.05) is 32.1 Å². The Balaban J connectivity index is 1.80. The molecule has 19 heavy (non-hydrogen) atoms. The van der Waals surface area contributed by atoms with Gasteiger partial charge in [0.2, 0.25) is 5.76 Å². The molecule has 1 fully saturated rings. The number of furan rings is 1. The lowest BCUT2D eigenvalue weighted by atomic mass is 9.97. The third-order valence-electron chi connectivity index (χ3n) is 3.72. The van der Waals surface area contributed by atoms with Crippen LogP contribution in [0, 0.1) is 0 Å². The van der Waals surface area contributed by atoms with Crippen LogP contribution in [0.3, 0.4) is 0 Å². The minimum Gasteiger partial charge on any atom is -0.463 e. The fraction of sp³-hybridized carbons (Fsp3) is 0.667. The van der Waals surface area contributed by atoms with E-state index in [9.17, 15) is 4.79 Å². The van der Waals surface area contributed by atoms with Gasteiger partial charge in [0, 0.05) is 6.04 Å². The van der Waals surface area contributed by atoms with Gasteiger partial charge in [0.25, 0.3) is 0 Å². The molecule has 1 N–H and O–H groups in total. The molecule has 1 saturated carbocycles. The van der Waals surface area contributed by atoms with E-state index in [0.717, 1.165) is 5.76 Å². The molecule has 0 saturated heterocycles. The highest BCUT2D eigenvalue weighted by molar-refractivity contribution is 5.86. The van der Waals surface area contributed by atoms with Crippen LogP contribution < -0.4 is 5.32 Å². The summed E-state index contributed by atoms with van der Waals surface area (Å²) in [5.74, 6) is 0.650. The van der Waals surface area contributed by atoms with E-state index in [1.807, 2.05) is 6.07 Å². The third kappa shape index (κ3) is 4.39. The first-order valence-corrected chi connectivity index (χ1v) is 7.20. The van der Waals surface area contributed by atoms with Crippen molar-refractivity contribution in [3.63, 3.8) is 0 Å². The van der Waals surface area contributed by atoms with Gasteiger partial charge in [-0.2, -0.15) is 0 Å². The summed E-state index contributed by atoms with van der Waals surface area (Å²) in [7, 11) is 1.36. The largest absolute Gasteiger partial charge is 0.463 e. The lowest BCUT2D eigenvalue weighted by Crippen LogP contribution is -2.29. The van der Waals surface area contributed by atoms with Gasteiger partial charge < -0.3 is 14.5 Å². The molecular weight excluding hydrogens is 242 g/mol. The molecule has 1 aliphatic rings. The van der Waals surface area contributed by atoms with Crippen molar-refractivity contribution in [2.24, 2.45) is 0 Å². The van der Waals surface area contributed by atoms with Crippen LogP contribution in [0.4, 0.5) is 0 Å². The van der Waals surface area contributed by atoms with Gasteiger partial charge in [-0.15, -0.1) is 0 Å². The Morgan fingerprint density at radius 1 is 1.26 bits per heavy atom. The highest BCUT2D eigenvalue weighted by Gasteiger charge is 2.13. The summed E-state index contributed by atoms with van der Waals surface area (Å²) in [5, 5.41) is 3.53. The zero-order chi connectivity index (χ0) is 13.5. The van der Waals surface area contributed by atoms with Crippen molar-refractivity contribution in [2.75, 3.05) is 7.11 Å². The molecule has 4 nitrogen and oxygen atoms in total. The first-order valence-electron chi connectivity index (χ1n) is 7.20. The molecule has 0 radical (unpaired) electrons. The van der Waals surface area contributed by atoms with Crippen molar-refractivity contribution < 1.29 is 13.9 Å². The number of ether oxygens (including phenoxy) is 1. The van der Waals surface area contributed by atoms with Crippen LogP contribution in [-0.4, -0.2) is 19.1 Å². The fourth-order valence-corrected chi connectivity index (χ4v) is 2.59. The van der Waals surface area contributed by atoms with Gasteiger partial charge >= 0.3 is 5.97 Å². The molecule has 0 amide bonds. The number of esters is 1. The molecule has 0 unspecified atom stereocenters. The molecule has 106 valence electrons. The Bertz CT molecular complexity index is 392. The Morgan fingerprint density at radius 2 is 1.95 bits per heavy atom. The summed E-state index contributed by atoms with van der Waals surface area (Å²) < 4.78 is 10.1. The average Bonchev–Trinajstić information content (AvgIpc) is 2.85. The molecule has 1 aromatic rings. The monoisotopic (exact) mass is 265 g/mol. The molecule has 0 aliphatic heterocycles. The summed E-state index contributed by atoms with van der Waals surface area (Å²) in [5.41, 5.74) is 0. The van der Waals surface area contributed by atoms with Crippen LogP contribution in [0.5, 0.6) is 0 Å². The second-order valence-electron chi connectivity index (χ2n) is 5.18. The van der Waals surface area contributed by atoms with E-state index in [2.05, 4.69) is 10.1 Å². The van der Waals surface area contributed by atoms with Gasteiger partial charge in [-0.3, -0.25) is 0 Å². The molecule has 0 spiro atoms. The molecule has 0 aromatic carbocycles. The van der Waals surface area contributed by atoms with Crippen molar-refractivity contribution in [2.45, 2.75) is 57.5 Å². The number of carbonyl (C=O) groups is 1. The van der Waals surface area contributed by atoms with E-state index in [1.54, 1.807) is 6.07 Å². The minimum atomic E-state index is -0.419. The highest BCUT2D eigenvalue weighted by Crippen LogP contribution is 2.18. The average molecular weight is 265 g/mol. The van der Waals surface area contributed by atoms with Gasteiger partial charge in [0.05, 0.1) is 13.7 Å². The zero-order valence-electron chi connectivity index (χ0n) is 11.6. The van der Waals surface area contributed by atoms with Crippen LogP contribution in [0.15, 0.2) is 16.5 Å². The maximum Gasteiger partial charge on any atom is 0.373 e. The van der Waals surface area contributed by atoms with E-state index in [1.165, 1.54) is 52.1 Å². The van der Waals surface area contributed by atoms with E-state index in [4.69, 9.17) is 4.42 Å². The lowest BCUT2D eigenvalue weighted by Gasteiger charge is -2.20. The van der Waals surface area contributed by atoms with Crippen LogP contribution in [0.2, 0.25) is 0 Å². The number of rotatable bonds is 4. The first kappa shape index (κ1) is 14.1. The van der Waals surface area contributed by atoms with Crippen LogP contribution in [0.25, 0.3) is 0 Å². The first-order chi connectivity index (χ1) is 9.29. The molecule has 4 heteroatoms. The molecule has 1 aromatic heterocycles. The predicted molar refractivity (Wildman–Crippen MR) is 73.0 cm³/mol. The SMILES string of the molecule is COC(=O)c1ccc(CNC2CCCCCCC2)o1. The van der Waals surface area contributed by atoms with Crippen molar-refractivity contribution in [1.82, 2.24) is 5.32 Å². The molecule has 1 aliphatic carbocycles. The van der Waals surface area contributed by atoms with E-state index in [-0.39, 0.29) is 5.76 Å². The van der Waals surface area contributed by atoms with Crippen molar-refractivity contribution in [1.29, 1.82) is 0 Å². The summed E-state index contributed by atoms with van der Waals surface area (Å²) in [6.07, 6.45) is 9.19. The summed E-state index contributed by atoms with van der Waals surface area (Å²) in [4.78, 5) is 11.3. The minimum absolute atomic E-state index is 0.275. The van der Waals surface area contributed by atoms with Crippen LogP contribution in [-0.2, 0) is 11.3 Å². The Hall–Kier alpha value is -1.29. The van der Waals surface area contributed by atoms with Crippen molar-refractivity contribution in [3.05, 3.63) is 23.7 Å². The van der Waals surface area contributed by atoms with E-state index in [0.29, 0.717) is 12.6 Å². The quantitative estimate of drug-likeness (QED) is 0.849. The lowest BCUT2D eigenvalue weighted by molar-refractivity contribution is 0.0562. The maximum absolute atomic E-state index is 11.3. The van der Waals surface area contributed by atoms with Crippen LogP contribution >= 0.6 is 0 Å². The number of methoxy groups -OCH3 is 1. The number of hydrogen-bond acceptors (Lipinski definition) is 4. The molecule has 0 atom stereocenters. The van der Waals surface area contributed by atoms with Gasteiger partial charge in [0.15, 0.2) is 0 Å². The molecule has 2 rings (SSSR count). The van der Waals surface area contributed by atoms with Crippen LogP contribution in [0.1, 0.15) is 61.3 Å². The van der Waals surface area contributed by atoms with E-state index >= 15 is 0 Å². The predicted octanol–water partition coefficient (Wildman–Crippen LogP) is 3.27. The standard InChI is InChI=1S/C15H23NO3/c1-18-15(17)14-10-9-13(19-14)11-16-12-7-5-3-2-4-6-8-12/h9-10,12,16H,2-8,11H2,1H3. The Morgan fingerprint density at radius 3 is 2.63 bits per heavy atom. The van der Waals surface area contributed by atoms with Crippen molar-refractivity contribution in [3.8, 4) is 0 Å².